The summed E-state index contributed by atoms with van der Waals surface area (Å²) in [5.74, 6) is -1.67. The van der Waals surface area contributed by atoms with Gasteiger partial charge in [-0.2, -0.15) is 0 Å². The van der Waals surface area contributed by atoms with Crippen molar-refractivity contribution in [1.29, 1.82) is 0 Å². The van der Waals surface area contributed by atoms with Crippen molar-refractivity contribution in [2.24, 2.45) is 98.4 Å². The lowest BCUT2D eigenvalue weighted by Gasteiger charge is -2.59. The minimum Gasteiger partial charge on any atom is -0.450 e. The number of esters is 1. The third kappa shape index (κ3) is 20.1. The van der Waals surface area contributed by atoms with E-state index in [1.54, 1.807) is 31.2 Å². The lowest BCUT2D eigenvalue weighted by Crippen LogP contribution is -2.63. The van der Waals surface area contributed by atoms with Gasteiger partial charge in [-0.25, -0.2) is 14.4 Å². The molecule has 10 fully saturated rings. The van der Waals surface area contributed by atoms with Gasteiger partial charge in [-0.05, 0) is 197 Å². The lowest BCUT2D eigenvalue weighted by atomic mass is 9.46. The summed E-state index contributed by atoms with van der Waals surface area (Å²) in [4.78, 5) is 77.6. The number of nitrogens with one attached hydrogen (secondary N) is 1. The van der Waals surface area contributed by atoms with Crippen LogP contribution in [0.3, 0.4) is 0 Å². The van der Waals surface area contributed by atoms with Gasteiger partial charge in [-0.15, -0.1) is 0 Å². The average molecular weight is 1840 g/mol. The molecule has 4 saturated heterocycles. The van der Waals surface area contributed by atoms with Gasteiger partial charge in [0.1, 0.15) is 71.2 Å². The molecule has 0 radical (unpaired) electrons. The van der Waals surface area contributed by atoms with Crippen LogP contribution in [0.4, 0.5) is 15.3 Å². The van der Waals surface area contributed by atoms with Gasteiger partial charge < -0.3 is 114 Å². The first-order chi connectivity index (χ1) is 62.0. The number of aliphatic hydroxyl groups is 9. The number of allylic oxidation sites excluding steroid dienone is 2. The summed E-state index contributed by atoms with van der Waals surface area (Å²) in [6.07, 6.45) is -5.85. The van der Waals surface area contributed by atoms with Gasteiger partial charge >= 0.3 is 18.2 Å². The zero-order valence-corrected chi connectivity index (χ0v) is 78.2. The summed E-state index contributed by atoms with van der Waals surface area (Å²) < 4.78 is 72.6. The third-order valence-corrected chi connectivity index (χ3v) is 33.4. The number of hydrogen-bond acceptors (Lipinski definition) is 29. The predicted molar refractivity (Wildman–Crippen MR) is 475 cm³/mol. The highest BCUT2D eigenvalue weighted by Crippen LogP contribution is 2.71. The lowest BCUT2D eigenvalue weighted by molar-refractivity contribution is -0.384. The first-order valence-corrected chi connectivity index (χ1v) is 47.9. The topological polar surface area (TPSA) is 459 Å². The maximum Gasteiger partial charge on any atom is 0.514 e. The first kappa shape index (κ1) is 100. The number of hydrogen-bond donors (Lipinski definition) is 11. The van der Waals surface area contributed by atoms with E-state index in [2.05, 4.69) is 72.9 Å². The van der Waals surface area contributed by atoms with Crippen LogP contribution in [0.15, 0.2) is 96.1 Å². The van der Waals surface area contributed by atoms with E-state index in [9.17, 15) is 80.0 Å². The van der Waals surface area contributed by atoms with Crippen LogP contribution in [0.5, 0.6) is 5.75 Å². The van der Waals surface area contributed by atoms with Crippen molar-refractivity contribution < 1.29 is 132 Å². The quantitative estimate of drug-likeness (QED) is 0.00843. The van der Waals surface area contributed by atoms with E-state index in [1.807, 2.05) is 52.0 Å². The number of nitro groups is 1. The number of Topliss-reactive ketones (excluding diaryl/α,β-unsaturated/α-hetero) is 2. The molecule has 18 unspecified atom stereocenters. The summed E-state index contributed by atoms with van der Waals surface area (Å²) in [6.45, 7) is 26.2. The number of aliphatic hydroxyl groups excluding tert-OH is 7. The molecule has 31 heteroatoms. The van der Waals surface area contributed by atoms with Crippen molar-refractivity contribution in [2.45, 2.75) is 340 Å². The third-order valence-electron chi connectivity index (χ3n) is 33.4. The Morgan fingerprint density at radius 3 is 1.64 bits per heavy atom. The molecule has 12 aliphatic rings. The Kier molecular flexibility index (Phi) is 31.2. The van der Waals surface area contributed by atoms with Crippen LogP contribution in [0.2, 0.25) is 0 Å². The van der Waals surface area contributed by atoms with E-state index in [4.69, 9.17) is 62.6 Å². The molecular formula is C100H143N3O28. The Bertz CT molecular complexity index is 4530. The summed E-state index contributed by atoms with van der Waals surface area (Å²) in [7, 11) is 0. The molecule has 1 amide bonds. The van der Waals surface area contributed by atoms with Crippen molar-refractivity contribution in [2.75, 3.05) is 26.4 Å². The Morgan fingerprint density at radius 1 is 0.550 bits per heavy atom. The van der Waals surface area contributed by atoms with E-state index in [0.717, 1.165) is 61.6 Å². The van der Waals surface area contributed by atoms with Crippen LogP contribution >= 0.6 is 0 Å². The summed E-state index contributed by atoms with van der Waals surface area (Å²) in [6, 6.07) is 19.3. The fraction of sp³-hybridized carbons (Fsp3) is 0.730. The van der Waals surface area contributed by atoms with Crippen molar-refractivity contribution >= 4 is 35.5 Å². The highest BCUT2D eigenvalue weighted by atomic mass is 16.8. The van der Waals surface area contributed by atoms with E-state index in [-0.39, 0.29) is 120 Å². The van der Waals surface area contributed by atoms with Crippen molar-refractivity contribution in [3.8, 4) is 5.75 Å². The number of benzene rings is 3. The largest absolute Gasteiger partial charge is 0.514 e. The number of rotatable bonds is 27. The Hall–Kier alpha value is -6.83. The molecule has 0 bridgehead atoms. The molecule has 34 atom stereocenters. The number of aryl methyl sites for hydroxylation is 1. The van der Waals surface area contributed by atoms with Gasteiger partial charge in [0.05, 0.1) is 67.4 Å². The molecule has 726 valence electrons. The number of carbonyl (C=O) groups excluding carboxylic acids is 5. The Balaban J connectivity index is 0.000000213. The van der Waals surface area contributed by atoms with Crippen LogP contribution in [0, 0.1) is 110 Å². The van der Waals surface area contributed by atoms with Crippen LogP contribution in [-0.4, -0.2) is 229 Å². The number of nitrogens with two attached hydrogens (primary N) is 1. The highest BCUT2D eigenvalue weighted by molar-refractivity contribution is 5.89. The molecule has 0 spiro atoms. The van der Waals surface area contributed by atoms with Crippen molar-refractivity contribution in [1.82, 2.24) is 5.32 Å². The molecule has 4 heterocycles. The summed E-state index contributed by atoms with van der Waals surface area (Å²) in [5.41, 5.74) is 6.27. The number of carbonyl (C=O) groups is 5. The number of ketones is 2. The SMILES string of the molecule is CC(C)CCC(=O)[C@@H](C)[C@@]1(O)[C@@H](OC2OCC(C)C(OC3OCC(OC(=O)NCc4ccc(CN)cc4)C(O)C3O)C2O)C[C@H]2[C@@H]3CC=C4C[C@@H](O)CC[C@]4(C)C3CC[C@@]21C.Cc1ccc(C(=O)OC2C(OC3C(O)COC(O[C@H]4C[C@H]5[C@@H]6CC=C7C[C@@H](OC(=O)Oc8ccc([N+](=O)[O-])cc8)CC[C@]7(C)C6CC[C@]5(C)[C@@]4(O)[C@H](C)C(=O)CCC(C)C)C3C)OCC(O)C2O)cc1. The molecule has 31 nitrogen and oxygen atoms in total. The molecule has 131 heavy (non-hydrogen) atoms. The summed E-state index contributed by atoms with van der Waals surface area (Å²) in [5, 5.41) is 118. The van der Waals surface area contributed by atoms with Crippen molar-refractivity contribution in [3.63, 3.8) is 0 Å². The average Bonchev–Trinajstić information content (AvgIpc) is 1.55. The fourth-order valence-electron chi connectivity index (χ4n) is 25.2. The fourth-order valence-corrected chi connectivity index (χ4v) is 25.2. The van der Waals surface area contributed by atoms with Crippen molar-refractivity contribution in [3.05, 3.63) is 128 Å². The molecule has 3 aromatic carbocycles. The molecule has 4 aliphatic heterocycles. The van der Waals surface area contributed by atoms with Crippen LogP contribution < -0.4 is 15.8 Å². The first-order valence-electron chi connectivity index (χ1n) is 47.9. The van der Waals surface area contributed by atoms with E-state index in [1.165, 1.54) is 35.4 Å². The highest BCUT2D eigenvalue weighted by Gasteiger charge is 2.73. The second-order valence-corrected chi connectivity index (χ2v) is 42.0. The minimum atomic E-state index is -1.62. The van der Waals surface area contributed by atoms with Crippen LogP contribution in [0.1, 0.15) is 226 Å². The number of non-ortho nitro benzene ring substituents is 1. The number of nitrogens with zero attached hydrogens (tertiary/aromatic N) is 1. The van der Waals surface area contributed by atoms with E-state index >= 15 is 0 Å². The zero-order chi connectivity index (χ0) is 94.5. The Labute approximate surface area is 768 Å². The molecule has 0 aromatic heterocycles. The van der Waals surface area contributed by atoms with Gasteiger partial charge in [-0.3, -0.25) is 19.7 Å². The normalized spacial score (nSPS) is 40.5. The number of alkyl carbamates (subject to hydrolysis) is 1. The smallest absolute Gasteiger partial charge is 0.450 e. The number of fused-ring (bicyclic) bond motifs is 10. The number of amides is 1. The number of nitro benzene ring substituents is 1. The molecule has 12 N–H and O–H groups in total. The van der Waals surface area contributed by atoms with Crippen LogP contribution in [-0.2, 0) is 74.8 Å². The van der Waals surface area contributed by atoms with Crippen LogP contribution in [0.25, 0.3) is 0 Å². The monoisotopic (exact) mass is 1830 g/mol. The summed E-state index contributed by atoms with van der Waals surface area (Å²) >= 11 is 0. The van der Waals surface area contributed by atoms with Gasteiger partial charge in [-0.1, -0.05) is 148 Å². The Morgan fingerprint density at radius 2 is 1.07 bits per heavy atom. The molecular weight excluding hydrogens is 1690 g/mol. The minimum absolute atomic E-state index is 0.00725. The molecule has 3 aromatic rings. The standard InChI is InChI=1S/C53H71NO16.C47H72N2O12/c1-28(2)8-19-40(55)31(5)53(61)43(68-48-30(4)45(42(57)27-64-48)70-49-46(44(58)41(56)26-65-49)69-47(59)32-11-9-29(3)10-12-32)25-39-37-18-13-33-24-36(20-22-51(33,6)38(37)21-23-52(39,53)7)67-50(60)66-35-16-14-34(15-17-35)54(62)63;1-25(2)7-14-35(51)27(4)47(56)37(20-34-32-13-12-30-19-31(50)15-17-45(30,5)33(32)16-18-46(34,47)6)60-43-40(54)41(26(3)23-57-43)61-42-39(53)38(52)36(24-58-42)59-44(55)49-22-29-10-8-28(21-48)9-11-29/h9-17,28,30-31,36-39,41-46,48-49,56-58,61H,8,18-27H2,1-7H3;8-12,25-27,31-34,36-43,50,52-54,56H,7,13-24,48H2,1-6H3,(H,49,55)/t30?,31-,36+,37-,38?,39+,41?,42?,43+,44?,45?,46?,48?,49?,51+,52+,53-;26?,27-,31+,32-,33?,34+,36?,37+,38?,39?,40?,41?,42?,43?,45+,46+,47-/m11/s1. The van der Waals surface area contributed by atoms with Gasteiger partial charge in [0, 0.05) is 79.0 Å². The van der Waals surface area contributed by atoms with E-state index in [0.29, 0.717) is 89.0 Å². The van der Waals surface area contributed by atoms with Gasteiger partial charge in [0.2, 0.25) is 0 Å². The molecule has 8 aliphatic carbocycles. The van der Waals surface area contributed by atoms with Gasteiger partial charge in [0.15, 0.2) is 37.4 Å². The second-order valence-electron chi connectivity index (χ2n) is 42.0. The molecule has 15 rings (SSSR count). The predicted octanol–water partition coefficient (Wildman–Crippen LogP) is 11.4. The second kappa shape index (κ2) is 40.8. The van der Waals surface area contributed by atoms with E-state index < -0.39 is 167 Å². The zero-order valence-electron chi connectivity index (χ0n) is 78.2. The maximum atomic E-state index is 14.2. The molecule has 6 saturated carbocycles. The van der Waals surface area contributed by atoms with Gasteiger partial charge in [0.25, 0.3) is 5.69 Å². The maximum absolute atomic E-state index is 14.2. The number of ether oxygens (including phenoxy) is 12.